The molecule has 1 aromatic carbocycles. The molecule has 0 aromatic heterocycles. The van der Waals surface area contributed by atoms with E-state index >= 15 is 0 Å². The van der Waals surface area contributed by atoms with Gasteiger partial charge in [-0.2, -0.15) is 0 Å². The third-order valence-electron chi connectivity index (χ3n) is 2.15. The Labute approximate surface area is 109 Å². The van der Waals surface area contributed by atoms with E-state index in [0.717, 1.165) is 13.0 Å². The topological polar surface area (TPSA) is 84.3 Å². The number of non-ortho nitro benzene ring substituents is 1. The number of rotatable bonds is 6. The Morgan fingerprint density at radius 1 is 1.50 bits per heavy atom. The van der Waals surface area contributed by atoms with E-state index < -0.39 is 4.92 Å². The van der Waals surface area contributed by atoms with Crippen molar-refractivity contribution in [2.24, 2.45) is 0 Å². The average molecular weight is 272 g/mol. The molecule has 0 aliphatic carbocycles. The molecule has 2 N–H and O–H groups in total. The van der Waals surface area contributed by atoms with Gasteiger partial charge >= 0.3 is 0 Å². The highest BCUT2D eigenvalue weighted by molar-refractivity contribution is 6.33. The largest absolute Gasteiger partial charge is 0.323 e. The number of nitrogens with zero attached hydrogens (tertiary/aromatic N) is 1. The molecule has 6 nitrogen and oxygen atoms in total. The quantitative estimate of drug-likeness (QED) is 0.472. The minimum Gasteiger partial charge on any atom is -0.323 e. The summed E-state index contributed by atoms with van der Waals surface area (Å²) in [5.41, 5.74) is 0.130. The summed E-state index contributed by atoms with van der Waals surface area (Å²) in [5.74, 6) is -0.286. The summed E-state index contributed by atoms with van der Waals surface area (Å²) >= 11 is 5.85. The molecule has 7 heteroatoms. The van der Waals surface area contributed by atoms with Crippen molar-refractivity contribution >= 4 is 28.9 Å². The van der Waals surface area contributed by atoms with E-state index in [1.807, 2.05) is 6.92 Å². The van der Waals surface area contributed by atoms with E-state index in [1.165, 1.54) is 18.2 Å². The van der Waals surface area contributed by atoms with Gasteiger partial charge in [-0.1, -0.05) is 18.5 Å². The SMILES string of the molecule is CCCNCC(=O)Nc1cc([N+](=O)[O-])ccc1Cl. The molecule has 1 amide bonds. The molecule has 0 aliphatic rings. The molecule has 0 spiro atoms. The number of nitrogens with one attached hydrogen (secondary N) is 2. The van der Waals surface area contributed by atoms with Gasteiger partial charge in [-0.15, -0.1) is 0 Å². The van der Waals surface area contributed by atoms with Gasteiger partial charge in [0.1, 0.15) is 0 Å². The monoisotopic (exact) mass is 271 g/mol. The number of halogens is 1. The fourth-order valence-corrected chi connectivity index (χ4v) is 1.46. The van der Waals surface area contributed by atoms with Gasteiger partial charge < -0.3 is 10.6 Å². The Kier molecular flexibility index (Phi) is 5.54. The Balaban J connectivity index is 2.68. The number of carbonyl (C=O) groups excluding carboxylic acids is 1. The molecule has 1 aromatic rings. The molecule has 98 valence electrons. The van der Waals surface area contributed by atoms with Gasteiger partial charge in [-0.3, -0.25) is 14.9 Å². The minimum atomic E-state index is -0.540. The van der Waals surface area contributed by atoms with Crippen LogP contribution in [0.4, 0.5) is 11.4 Å². The first-order valence-corrected chi connectivity index (χ1v) is 5.87. The van der Waals surface area contributed by atoms with Crippen molar-refractivity contribution in [1.82, 2.24) is 5.32 Å². The second-order valence-electron chi connectivity index (χ2n) is 3.65. The average Bonchev–Trinajstić information content (AvgIpc) is 2.32. The number of benzene rings is 1. The molecule has 0 heterocycles. The molecular weight excluding hydrogens is 258 g/mol. The summed E-state index contributed by atoms with van der Waals surface area (Å²) in [6, 6.07) is 3.90. The first-order valence-electron chi connectivity index (χ1n) is 5.49. The number of nitro benzene ring substituents is 1. The maximum atomic E-state index is 11.5. The molecule has 1 rings (SSSR count). The molecular formula is C11H14ClN3O3. The Hall–Kier alpha value is -1.66. The second kappa shape index (κ2) is 6.93. The molecule has 18 heavy (non-hydrogen) atoms. The van der Waals surface area contributed by atoms with Crippen LogP contribution in [0.25, 0.3) is 0 Å². The highest BCUT2D eigenvalue weighted by Gasteiger charge is 2.11. The highest BCUT2D eigenvalue weighted by atomic mass is 35.5. The van der Waals surface area contributed by atoms with Crippen molar-refractivity contribution in [1.29, 1.82) is 0 Å². The smallest absolute Gasteiger partial charge is 0.271 e. The summed E-state index contributed by atoms with van der Waals surface area (Å²) < 4.78 is 0. The maximum Gasteiger partial charge on any atom is 0.271 e. The van der Waals surface area contributed by atoms with Crippen molar-refractivity contribution in [3.05, 3.63) is 33.3 Å². The van der Waals surface area contributed by atoms with Crippen molar-refractivity contribution in [2.75, 3.05) is 18.4 Å². The number of nitro groups is 1. The number of hydrogen-bond donors (Lipinski definition) is 2. The van der Waals surface area contributed by atoms with Crippen LogP contribution in [0.5, 0.6) is 0 Å². The normalized spacial score (nSPS) is 10.1. The summed E-state index contributed by atoms with van der Waals surface area (Å²) in [4.78, 5) is 21.6. The lowest BCUT2D eigenvalue weighted by atomic mass is 10.2. The Morgan fingerprint density at radius 2 is 2.22 bits per heavy atom. The third-order valence-corrected chi connectivity index (χ3v) is 2.48. The van der Waals surface area contributed by atoms with Gasteiger partial charge in [0.2, 0.25) is 5.91 Å². The van der Waals surface area contributed by atoms with E-state index in [-0.39, 0.29) is 28.8 Å². The minimum absolute atomic E-state index is 0.115. The van der Waals surface area contributed by atoms with Crippen molar-refractivity contribution in [3.8, 4) is 0 Å². The van der Waals surface area contributed by atoms with Crippen LogP contribution in [0.15, 0.2) is 18.2 Å². The van der Waals surface area contributed by atoms with Crippen LogP contribution in [-0.2, 0) is 4.79 Å². The number of carbonyl (C=O) groups is 1. The summed E-state index contributed by atoms with van der Waals surface area (Å²) in [7, 11) is 0. The van der Waals surface area contributed by atoms with E-state index in [9.17, 15) is 14.9 Å². The molecule has 0 saturated heterocycles. The lowest BCUT2D eigenvalue weighted by Gasteiger charge is -2.07. The van der Waals surface area contributed by atoms with Crippen LogP contribution in [0, 0.1) is 10.1 Å². The van der Waals surface area contributed by atoms with Gasteiger partial charge in [0.25, 0.3) is 5.69 Å². The zero-order valence-corrected chi connectivity index (χ0v) is 10.7. The number of amides is 1. The van der Waals surface area contributed by atoms with Crippen LogP contribution < -0.4 is 10.6 Å². The molecule has 0 fully saturated rings. The highest BCUT2D eigenvalue weighted by Crippen LogP contribution is 2.26. The van der Waals surface area contributed by atoms with Gasteiger partial charge in [0.05, 0.1) is 22.2 Å². The Bertz CT molecular complexity index is 451. The van der Waals surface area contributed by atoms with Crippen LogP contribution in [0.3, 0.4) is 0 Å². The predicted molar refractivity (Wildman–Crippen MR) is 69.9 cm³/mol. The summed E-state index contributed by atoms with van der Waals surface area (Å²) in [5, 5.41) is 16.3. The zero-order chi connectivity index (χ0) is 13.5. The number of hydrogen-bond acceptors (Lipinski definition) is 4. The van der Waals surface area contributed by atoms with E-state index in [0.29, 0.717) is 0 Å². The fraction of sp³-hybridized carbons (Fsp3) is 0.364. The maximum absolute atomic E-state index is 11.5. The van der Waals surface area contributed by atoms with Crippen LogP contribution in [0.2, 0.25) is 5.02 Å². The number of anilines is 1. The zero-order valence-electron chi connectivity index (χ0n) is 9.90. The molecule has 0 saturated carbocycles. The van der Waals surface area contributed by atoms with Crippen molar-refractivity contribution < 1.29 is 9.72 Å². The fourth-order valence-electron chi connectivity index (χ4n) is 1.30. The van der Waals surface area contributed by atoms with Crippen molar-refractivity contribution in [3.63, 3.8) is 0 Å². The summed E-state index contributed by atoms with van der Waals surface area (Å²) in [6.45, 7) is 2.87. The molecule has 0 radical (unpaired) electrons. The first kappa shape index (κ1) is 14.4. The third kappa shape index (κ3) is 4.31. The van der Waals surface area contributed by atoms with Crippen LogP contribution in [-0.4, -0.2) is 23.9 Å². The molecule has 0 unspecified atom stereocenters. The second-order valence-corrected chi connectivity index (χ2v) is 4.05. The van der Waals surface area contributed by atoms with Gasteiger partial charge in [-0.25, -0.2) is 0 Å². The molecule has 0 aliphatic heterocycles. The predicted octanol–water partition coefficient (Wildman–Crippen LogP) is 2.19. The van der Waals surface area contributed by atoms with E-state index in [4.69, 9.17) is 11.6 Å². The lowest BCUT2D eigenvalue weighted by molar-refractivity contribution is -0.384. The van der Waals surface area contributed by atoms with Gasteiger partial charge in [-0.05, 0) is 19.0 Å². The van der Waals surface area contributed by atoms with Crippen LogP contribution >= 0.6 is 11.6 Å². The van der Waals surface area contributed by atoms with Gasteiger partial charge in [0.15, 0.2) is 0 Å². The summed E-state index contributed by atoms with van der Waals surface area (Å²) in [6.07, 6.45) is 0.921. The molecule has 0 bridgehead atoms. The molecule has 0 atom stereocenters. The van der Waals surface area contributed by atoms with E-state index in [2.05, 4.69) is 10.6 Å². The Morgan fingerprint density at radius 3 is 2.83 bits per heavy atom. The standard InChI is InChI=1S/C11H14ClN3O3/c1-2-5-13-7-11(16)14-10-6-8(15(17)18)3-4-9(10)12/h3-4,6,13H,2,5,7H2,1H3,(H,14,16). The lowest BCUT2D eigenvalue weighted by Crippen LogP contribution is -2.28. The van der Waals surface area contributed by atoms with Gasteiger partial charge in [0, 0.05) is 12.1 Å². The van der Waals surface area contributed by atoms with Crippen LogP contribution in [0.1, 0.15) is 13.3 Å². The first-order chi connectivity index (χ1) is 8.54. The van der Waals surface area contributed by atoms with E-state index in [1.54, 1.807) is 0 Å². The van der Waals surface area contributed by atoms with Crippen molar-refractivity contribution in [2.45, 2.75) is 13.3 Å².